The molecule has 4 heteroatoms. The molecule has 3 aliphatic rings. The van der Waals surface area contributed by atoms with Gasteiger partial charge in [-0.3, -0.25) is 0 Å². The van der Waals surface area contributed by atoms with Crippen molar-refractivity contribution in [3.05, 3.63) is 245 Å². The van der Waals surface area contributed by atoms with Gasteiger partial charge in [-0.15, -0.1) is 0 Å². The summed E-state index contributed by atoms with van der Waals surface area (Å²) in [5.41, 5.74) is 21.3. The molecule has 0 N–H and O–H groups in total. The highest BCUT2D eigenvalue weighted by Gasteiger charge is 2.52. The zero-order valence-corrected chi connectivity index (χ0v) is 35.4. The lowest BCUT2D eigenvalue weighted by atomic mass is 9.70. The van der Waals surface area contributed by atoms with Crippen LogP contribution in [0.1, 0.15) is 51.5 Å². The van der Waals surface area contributed by atoms with Gasteiger partial charge in [-0.05, 0) is 109 Å². The minimum atomic E-state index is -0.410. The molecule has 0 bridgehead atoms. The number of aromatic nitrogens is 3. The summed E-state index contributed by atoms with van der Waals surface area (Å²) >= 11 is 0. The molecule has 0 radical (unpaired) electrons. The average Bonchev–Trinajstić information content (AvgIpc) is 3.96. The molecule has 0 fully saturated rings. The molecular formula is C61H39N3O. The summed E-state index contributed by atoms with van der Waals surface area (Å²) in [4.78, 5) is 16.0. The number of nitrogens with zero attached hydrogens (tertiary/aromatic N) is 3. The third kappa shape index (κ3) is 5.16. The van der Waals surface area contributed by atoms with E-state index in [1.165, 1.54) is 66.8 Å². The fraction of sp³-hybridized carbons (Fsp3) is 0.0656. The first kappa shape index (κ1) is 36.3. The summed E-state index contributed by atoms with van der Waals surface area (Å²) in [6.07, 6.45) is 1.73. The largest absolute Gasteiger partial charge is 0.456 e. The summed E-state index contributed by atoms with van der Waals surface area (Å²) < 4.78 is 6.60. The molecule has 0 saturated carbocycles. The van der Waals surface area contributed by atoms with Crippen LogP contribution in [-0.4, -0.2) is 15.0 Å². The van der Waals surface area contributed by atoms with Crippen LogP contribution in [0.4, 0.5) is 0 Å². The Morgan fingerprint density at radius 2 is 1.02 bits per heavy atom. The molecule has 11 aromatic rings. The first-order valence-electron chi connectivity index (χ1n) is 22.6. The summed E-state index contributed by atoms with van der Waals surface area (Å²) in [7, 11) is 0. The summed E-state index contributed by atoms with van der Waals surface area (Å²) in [5, 5.41) is 2.18. The molecule has 14 rings (SSSR count). The molecule has 4 nitrogen and oxygen atoms in total. The van der Waals surface area contributed by atoms with E-state index >= 15 is 0 Å². The Morgan fingerprint density at radius 3 is 1.75 bits per heavy atom. The van der Waals surface area contributed by atoms with Crippen molar-refractivity contribution in [1.82, 2.24) is 15.0 Å². The summed E-state index contributed by atoms with van der Waals surface area (Å²) in [6.45, 7) is 0. The Bertz CT molecular complexity index is 3690. The molecular weight excluding hydrogens is 791 g/mol. The van der Waals surface area contributed by atoms with Crippen molar-refractivity contribution in [2.45, 2.75) is 24.2 Å². The van der Waals surface area contributed by atoms with E-state index in [1.807, 2.05) is 18.2 Å². The molecule has 9 aromatic carbocycles. The van der Waals surface area contributed by atoms with Crippen molar-refractivity contribution in [3.63, 3.8) is 0 Å². The molecule has 2 heterocycles. The number of benzene rings is 9. The van der Waals surface area contributed by atoms with Crippen LogP contribution in [0.3, 0.4) is 0 Å². The fourth-order valence-electron chi connectivity index (χ4n) is 11.7. The first-order valence-corrected chi connectivity index (χ1v) is 22.6. The van der Waals surface area contributed by atoms with Gasteiger partial charge >= 0.3 is 0 Å². The van der Waals surface area contributed by atoms with Gasteiger partial charge in [-0.2, -0.15) is 0 Å². The minimum absolute atomic E-state index is 0.0830. The number of fused-ring (bicyclic) bond motifs is 17. The quantitative estimate of drug-likeness (QED) is 0.177. The van der Waals surface area contributed by atoms with Crippen molar-refractivity contribution >= 4 is 21.9 Å². The second-order valence-electron chi connectivity index (χ2n) is 17.7. The third-order valence-corrected chi connectivity index (χ3v) is 14.4. The van der Waals surface area contributed by atoms with Crippen molar-refractivity contribution in [3.8, 4) is 67.3 Å². The maximum absolute atomic E-state index is 6.60. The number of aryl methyl sites for hydroxylation is 1. The zero-order chi connectivity index (χ0) is 42.6. The third-order valence-electron chi connectivity index (χ3n) is 14.4. The highest BCUT2D eigenvalue weighted by atomic mass is 16.3. The standard InChI is InChI=1S/C61H39N3O/c1-3-16-37(17-4-1)41-25-15-29-53-56(41)48-34-31-40(36-54(48)65-53)59-62-58(39-18-5-2-6-19-39)63-60(64-59)46-33-30-38-32-35-52-57(55(38)45-23-8-7-20-42(45)46)47-24-11-14-28-51(47)61(52)49-26-12-9-21-43(49)44-22-10-13-27-50(44)61/h1-29,31-32,34-36,46H,30,33H2. The first-order chi connectivity index (χ1) is 32.2. The number of rotatable bonds is 4. The maximum atomic E-state index is 6.60. The molecule has 1 unspecified atom stereocenters. The summed E-state index contributed by atoms with van der Waals surface area (Å²) in [6, 6.07) is 74.6. The molecule has 1 atom stereocenters. The molecule has 0 aliphatic heterocycles. The number of hydrogen-bond acceptors (Lipinski definition) is 4. The SMILES string of the molecule is c1ccc(-c2nc(-c3ccc4c(c3)oc3cccc(-c5ccccc5)c34)nc(C3CCc4ccc5c(c4-c4ccccc43)-c3ccccc3C53c4ccccc4-c4ccccc43)n2)cc1. The smallest absolute Gasteiger partial charge is 0.163 e. The van der Waals surface area contributed by atoms with E-state index in [0.29, 0.717) is 11.6 Å². The van der Waals surface area contributed by atoms with Gasteiger partial charge in [0.05, 0.1) is 5.41 Å². The lowest BCUT2D eigenvalue weighted by Gasteiger charge is -2.30. The molecule has 0 amide bonds. The van der Waals surface area contributed by atoms with Crippen molar-refractivity contribution in [2.75, 3.05) is 0 Å². The Morgan fingerprint density at radius 1 is 0.415 bits per heavy atom. The molecule has 3 aliphatic carbocycles. The topological polar surface area (TPSA) is 51.8 Å². The van der Waals surface area contributed by atoms with Crippen LogP contribution in [0.25, 0.3) is 89.2 Å². The monoisotopic (exact) mass is 829 g/mol. The lowest BCUT2D eigenvalue weighted by molar-refractivity contribution is 0.668. The van der Waals surface area contributed by atoms with E-state index in [2.05, 4.69) is 188 Å². The van der Waals surface area contributed by atoms with Crippen LogP contribution >= 0.6 is 0 Å². The van der Waals surface area contributed by atoms with Gasteiger partial charge in [0.1, 0.15) is 17.0 Å². The van der Waals surface area contributed by atoms with E-state index in [-0.39, 0.29) is 5.92 Å². The van der Waals surface area contributed by atoms with Crippen molar-refractivity contribution in [1.29, 1.82) is 0 Å². The van der Waals surface area contributed by atoms with Crippen LogP contribution in [0.2, 0.25) is 0 Å². The molecule has 2 aromatic heterocycles. The van der Waals surface area contributed by atoms with Crippen LogP contribution in [0.15, 0.2) is 211 Å². The van der Waals surface area contributed by atoms with E-state index in [1.54, 1.807) is 0 Å². The zero-order valence-electron chi connectivity index (χ0n) is 35.4. The van der Waals surface area contributed by atoms with E-state index in [0.717, 1.165) is 62.9 Å². The van der Waals surface area contributed by atoms with Crippen LogP contribution < -0.4 is 0 Å². The lowest BCUT2D eigenvalue weighted by Crippen LogP contribution is -2.25. The number of furan rings is 1. The van der Waals surface area contributed by atoms with Gasteiger partial charge in [0.2, 0.25) is 0 Å². The fourth-order valence-corrected chi connectivity index (χ4v) is 11.7. The van der Waals surface area contributed by atoms with Crippen LogP contribution in [0.5, 0.6) is 0 Å². The van der Waals surface area contributed by atoms with Gasteiger partial charge < -0.3 is 4.42 Å². The van der Waals surface area contributed by atoms with E-state index in [9.17, 15) is 0 Å². The van der Waals surface area contributed by atoms with E-state index in [4.69, 9.17) is 19.4 Å². The summed E-state index contributed by atoms with van der Waals surface area (Å²) in [5.74, 6) is 1.99. The molecule has 65 heavy (non-hydrogen) atoms. The van der Waals surface area contributed by atoms with Crippen molar-refractivity contribution < 1.29 is 4.42 Å². The second-order valence-corrected chi connectivity index (χ2v) is 17.7. The Labute approximate surface area is 376 Å². The predicted molar refractivity (Wildman–Crippen MR) is 262 cm³/mol. The van der Waals surface area contributed by atoms with Gasteiger partial charge in [0.25, 0.3) is 0 Å². The van der Waals surface area contributed by atoms with Crippen LogP contribution in [0, 0.1) is 0 Å². The number of hydrogen-bond donors (Lipinski definition) is 0. The Kier molecular flexibility index (Phi) is 7.76. The maximum Gasteiger partial charge on any atom is 0.163 e. The highest BCUT2D eigenvalue weighted by Crippen LogP contribution is 2.65. The average molecular weight is 830 g/mol. The predicted octanol–water partition coefficient (Wildman–Crippen LogP) is 14.9. The molecule has 0 saturated heterocycles. The minimum Gasteiger partial charge on any atom is -0.456 e. The van der Waals surface area contributed by atoms with Crippen LogP contribution in [-0.2, 0) is 11.8 Å². The van der Waals surface area contributed by atoms with E-state index < -0.39 is 5.41 Å². The van der Waals surface area contributed by atoms with Gasteiger partial charge in [-0.1, -0.05) is 188 Å². The highest BCUT2D eigenvalue weighted by molar-refractivity contribution is 6.13. The second kappa shape index (κ2) is 13.9. The van der Waals surface area contributed by atoms with Gasteiger partial charge in [-0.25, -0.2) is 15.0 Å². The van der Waals surface area contributed by atoms with Gasteiger partial charge in [0, 0.05) is 27.8 Å². The molecule has 1 spiro atoms. The Balaban J connectivity index is 0.953. The Hall–Kier alpha value is -8.21. The van der Waals surface area contributed by atoms with Gasteiger partial charge in [0.15, 0.2) is 11.6 Å². The normalized spacial score (nSPS) is 14.9. The van der Waals surface area contributed by atoms with Crippen molar-refractivity contribution in [2.24, 2.45) is 0 Å². The molecule has 304 valence electrons.